The molecule has 2 aliphatic heterocycles. The predicted octanol–water partition coefficient (Wildman–Crippen LogP) is 4.92. The van der Waals surface area contributed by atoms with Crippen LogP contribution in [0.15, 0.2) is 101 Å². The average molecular weight is 519 g/mol. The van der Waals surface area contributed by atoms with Gasteiger partial charge < -0.3 is 9.84 Å². The Hall–Kier alpha value is -3.55. The summed E-state index contributed by atoms with van der Waals surface area (Å²) in [5.41, 5.74) is 3.03. The molecule has 1 fully saturated rings. The van der Waals surface area contributed by atoms with Crippen LogP contribution in [0.1, 0.15) is 22.8 Å². The number of benzene rings is 3. The highest BCUT2D eigenvalue weighted by Gasteiger charge is 2.54. The van der Waals surface area contributed by atoms with E-state index in [0.717, 1.165) is 11.1 Å². The lowest BCUT2D eigenvalue weighted by Crippen LogP contribution is -2.64. The minimum Gasteiger partial charge on any atom is -0.507 e. The number of nitrogens with zero attached hydrogens (tertiary/aromatic N) is 2. The fourth-order valence-electron chi connectivity index (χ4n) is 4.26. The number of thioether (sulfide) groups is 1. The second-order valence-corrected chi connectivity index (χ2v) is 9.76. The van der Waals surface area contributed by atoms with Crippen molar-refractivity contribution in [3.8, 4) is 5.75 Å². The third kappa shape index (κ3) is 4.64. The van der Waals surface area contributed by atoms with E-state index in [4.69, 9.17) is 16.3 Å². The number of esters is 1. The summed E-state index contributed by atoms with van der Waals surface area (Å²) >= 11 is 7.70. The topological polar surface area (TPSA) is 79.2 Å². The maximum absolute atomic E-state index is 13.6. The van der Waals surface area contributed by atoms with E-state index in [-0.39, 0.29) is 28.6 Å². The van der Waals surface area contributed by atoms with Crippen molar-refractivity contribution in [2.45, 2.75) is 17.5 Å². The molecule has 0 aromatic heterocycles. The molecule has 5 rings (SSSR count). The molecule has 1 N–H and O–H groups in total. The number of β-lactam (4-membered cyclic amide) rings is 1. The Kier molecular flexibility index (Phi) is 7.11. The number of phenolic OH excluding ortho intramolecular Hbond substituents is 1. The molecule has 0 radical (unpaired) electrons. The van der Waals surface area contributed by atoms with E-state index < -0.39 is 18.1 Å². The molecule has 36 heavy (non-hydrogen) atoms. The van der Waals surface area contributed by atoms with Crippen molar-refractivity contribution in [3.05, 3.63) is 113 Å². The number of hydrogen-bond acceptors (Lipinski definition) is 6. The normalized spacial score (nSPS) is 19.4. The van der Waals surface area contributed by atoms with E-state index in [2.05, 4.69) is 4.99 Å². The molecule has 2 atom stereocenters. The lowest BCUT2D eigenvalue weighted by atomic mass is 10.0. The number of para-hydroxylation sites is 1. The second kappa shape index (κ2) is 10.6. The van der Waals surface area contributed by atoms with Gasteiger partial charge in [0.25, 0.3) is 5.91 Å². The number of fused-ring (bicyclic) bond motifs is 1. The molecule has 0 spiro atoms. The Morgan fingerprint density at radius 3 is 2.28 bits per heavy atom. The van der Waals surface area contributed by atoms with Crippen molar-refractivity contribution in [2.75, 3.05) is 11.6 Å². The Bertz CT molecular complexity index is 1290. The van der Waals surface area contributed by atoms with Crippen LogP contribution in [0.4, 0.5) is 0 Å². The first kappa shape index (κ1) is 24.2. The molecule has 8 heteroatoms. The van der Waals surface area contributed by atoms with Crippen molar-refractivity contribution in [3.63, 3.8) is 0 Å². The highest BCUT2D eigenvalue weighted by molar-refractivity contribution is 8.00. The molecule has 0 saturated carbocycles. The summed E-state index contributed by atoms with van der Waals surface area (Å²) in [5, 5.41) is 9.64. The minimum atomic E-state index is -0.659. The summed E-state index contributed by atoms with van der Waals surface area (Å²) in [4.78, 5) is 32.6. The molecule has 1 amide bonds. The van der Waals surface area contributed by atoms with Crippen LogP contribution in [0.5, 0.6) is 5.75 Å². The van der Waals surface area contributed by atoms with E-state index in [1.165, 1.54) is 22.9 Å². The predicted molar refractivity (Wildman–Crippen MR) is 141 cm³/mol. The molecular formula is C28H23ClN2O4S. The maximum Gasteiger partial charge on any atom is 0.356 e. The van der Waals surface area contributed by atoms with Crippen molar-refractivity contribution in [1.82, 2.24) is 4.90 Å². The second-order valence-electron chi connectivity index (χ2n) is 8.38. The molecule has 2 heterocycles. The number of aromatic hydroxyl groups is 1. The van der Waals surface area contributed by atoms with Crippen LogP contribution in [0.25, 0.3) is 0 Å². The van der Waals surface area contributed by atoms with Crippen LogP contribution in [0.3, 0.4) is 0 Å². The summed E-state index contributed by atoms with van der Waals surface area (Å²) in [6, 6.07) is 25.1. The first-order valence-electron chi connectivity index (χ1n) is 11.4. The number of ether oxygens (including phenoxy) is 1. The molecule has 3 aromatic rings. The van der Waals surface area contributed by atoms with Gasteiger partial charge in [-0.3, -0.25) is 14.7 Å². The molecule has 2 aliphatic rings. The van der Waals surface area contributed by atoms with Gasteiger partial charge in [-0.05, 0) is 28.8 Å². The van der Waals surface area contributed by atoms with Gasteiger partial charge in [-0.1, -0.05) is 72.8 Å². The number of halogens is 1. The molecule has 3 aromatic carbocycles. The zero-order valence-corrected chi connectivity index (χ0v) is 20.7. The van der Waals surface area contributed by atoms with Crippen LogP contribution in [0, 0.1) is 0 Å². The monoisotopic (exact) mass is 518 g/mol. The summed E-state index contributed by atoms with van der Waals surface area (Å²) in [7, 11) is 0. The molecular weight excluding hydrogens is 496 g/mol. The number of carbonyl (C=O) groups excluding carboxylic acids is 2. The van der Waals surface area contributed by atoms with Gasteiger partial charge in [0.1, 0.15) is 16.8 Å². The largest absolute Gasteiger partial charge is 0.507 e. The standard InChI is InChI=1S/C28H23ClN2O4S/c29-15-21-17-36-27-23(30-16-20-13-7-8-14-22(20)32)26(33)31(27)24(21)28(34)35-25(18-9-3-1-4-10-18)19-11-5-2-6-12-19/h1-14,16,23,25,27,32H,15,17H2/t23?,27-/m1/s1. The van der Waals surface area contributed by atoms with Gasteiger partial charge in [0.15, 0.2) is 12.1 Å². The van der Waals surface area contributed by atoms with Gasteiger partial charge in [0, 0.05) is 23.4 Å². The number of aliphatic imine (C=N–C) groups is 1. The molecule has 1 unspecified atom stereocenters. The third-order valence-corrected chi connectivity index (χ3v) is 7.76. The van der Waals surface area contributed by atoms with Crippen molar-refractivity contribution < 1.29 is 19.4 Å². The van der Waals surface area contributed by atoms with E-state index in [0.29, 0.717) is 16.9 Å². The fraction of sp³-hybridized carbons (Fsp3) is 0.179. The molecule has 0 bridgehead atoms. The highest BCUT2D eigenvalue weighted by atomic mass is 35.5. The Morgan fingerprint density at radius 1 is 1.06 bits per heavy atom. The number of rotatable bonds is 7. The van der Waals surface area contributed by atoms with E-state index in [1.807, 2.05) is 60.7 Å². The first-order valence-corrected chi connectivity index (χ1v) is 13.0. The Balaban J connectivity index is 1.41. The quantitative estimate of drug-likeness (QED) is 0.208. The number of phenols is 1. The van der Waals surface area contributed by atoms with Gasteiger partial charge in [0.05, 0.1) is 0 Å². The van der Waals surface area contributed by atoms with Crippen LogP contribution in [-0.2, 0) is 14.3 Å². The van der Waals surface area contributed by atoms with Crippen LogP contribution < -0.4 is 0 Å². The third-order valence-electron chi connectivity index (χ3n) is 6.11. The Morgan fingerprint density at radius 2 is 1.67 bits per heavy atom. The first-order chi connectivity index (χ1) is 17.6. The van der Waals surface area contributed by atoms with Gasteiger partial charge in [-0.25, -0.2) is 4.79 Å². The smallest absolute Gasteiger partial charge is 0.356 e. The molecule has 1 saturated heterocycles. The number of hydrogen-bond donors (Lipinski definition) is 1. The van der Waals surface area contributed by atoms with E-state index >= 15 is 0 Å². The maximum atomic E-state index is 13.6. The number of amides is 1. The molecule has 6 nitrogen and oxygen atoms in total. The van der Waals surface area contributed by atoms with E-state index in [1.54, 1.807) is 24.3 Å². The molecule has 0 aliphatic carbocycles. The molecule has 182 valence electrons. The average Bonchev–Trinajstić information content (AvgIpc) is 2.92. The van der Waals surface area contributed by atoms with Gasteiger partial charge in [0.2, 0.25) is 0 Å². The van der Waals surface area contributed by atoms with Crippen molar-refractivity contribution >= 4 is 41.5 Å². The number of alkyl halides is 1. The summed E-state index contributed by atoms with van der Waals surface area (Å²) in [6.07, 6.45) is 0.860. The SMILES string of the molecule is O=C(OC(c1ccccc1)c1ccccc1)C1=C(CCl)CS[C@@H]2C(N=Cc3ccccc3O)C(=O)N12. The summed E-state index contributed by atoms with van der Waals surface area (Å²) in [5.74, 6) is -0.204. The lowest BCUT2D eigenvalue weighted by Gasteiger charge is -2.48. The van der Waals surface area contributed by atoms with Crippen molar-refractivity contribution in [1.29, 1.82) is 0 Å². The fourth-order valence-corrected chi connectivity index (χ4v) is 5.93. The van der Waals surface area contributed by atoms with Crippen LogP contribution in [-0.4, -0.2) is 51.1 Å². The highest BCUT2D eigenvalue weighted by Crippen LogP contribution is 2.43. The van der Waals surface area contributed by atoms with Crippen LogP contribution >= 0.6 is 23.4 Å². The van der Waals surface area contributed by atoms with Gasteiger partial charge in [-0.15, -0.1) is 23.4 Å². The lowest BCUT2D eigenvalue weighted by molar-refractivity contribution is -0.153. The minimum absolute atomic E-state index is 0.0858. The Labute approximate surface area is 218 Å². The van der Waals surface area contributed by atoms with Gasteiger partial charge >= 0.3 is 5.97 Å². The zero-order chi connectivity index (χ0) is 25.1. The number of carbonyl (C=O) groups is 2. The van der Waals surface area contributed by atoms with Crippen molar-refractivity contribution in [2.24, 2.45) is 4.99 Å². The summed E-state index contributed by atoms with van der Waals surface area (Å²) in [6.45, 7) is 0. The zero-order valence-electron chi connectivity index (χ0n) is 19.2. The van der Waals surface area contributed by atoms with Gasteiger partial charge in [-0.2, -0.15) is 0 Å². The summed E-state index contributed by atoms with van der Waals surface area (Å²) < 4.78 is 6.05. The van der Waals surface area contributed by atoms with Crippen LogP contribution in [0.2, 0.25) is 0 Å². The van der Waals surface area contributed by atoms with E-state index in [9.17, 15) is 14.7 Å².